The van der Waals surface area contributed by atoms with E-state index in [1.54, 1.807) is 24.0 Å². The molecule has 0 radical (unpaired) electrons. The number of aromatic nitrogens is 2. The number of aryl methyl sites for hydroxylation is 2. The minimum atomic E-state index is -0.300. The molecule has 1 aromatic carbocycles. The van der Waals surface area contributed by atoms with E-state index in [0.29, 0.717) is 17.1 Å². The smallest absolute Gasteiger partial charge is 0.128 e. The second-order valence-corrected chi connectivity index (χ2v) is 4.92. The summed E-state index contributed by atoms with van der Waals surface area (Å²) in [4.78, 5) is 0. The summed E-state index contributed by atoms with van der Waals surface area (Å²) in [5.41, 5.74) is 2.25. The first kappa shape index (κ1) is 14.0. The summed E-state index contributed by atoms with van der Waals surface area (Å²) in [5, 5.41) is 7.91. The molecule has 19 heavy (non-hydrogen) atoms. The average Bonchev–Trinajstić information content (AvgIpc) is 2.67. The molecule has 2 aromatic rings. The molecule has 1 heterocycles. The molecule has 3 nitrogen and oxygen atoms in total. The van der Waals surface area contributed by atoms with Gasteiger partial charge in [-0.2, -0.15) is 5.10 Å². The van der Waals surface area contributed by atoms with Gasteiger partial charge in [-0.1, -0.05) is 30.7 Å². The lowest BCUT2D eigenvalue weighted by Gasteiger charge is -2.20. The van der Waals surface area contributed by atoms with Crippen molar-refractivity contribution in [2.24, 2.45) is 7.05 Å². The molecule has 1 atom stereocenters. The van der Waals surface area contributed by atoms with Crippen LogP contribution in [-0.4, -0.2) is 16.3 Å². The summed E-state index contributed by atoms with van der Waals surface area (Å²) in [7, 11) is 1.80. The Labute approximate surface area is 117 Å². The van der Waals surface area contributed by atoms with E-state index in [-0.39, 0.29) is 11.9 Å². The van der Waals surface area contributed by atoms with Gasteiger partial charge in [-0.3, -0.25) is 4.68 Å². The van der Waals surface area contributed by atoms with Crippen molar-refractivity contribution in [2.75, 3.05) is 6.54 Å². The van der Waals surface area contributed by atoms with Crippen LogP contribution >= 0.6 is 11.6 Å². The number of halogens is 2. The molecule has 1 aromatic heterocycles. The van der Waals surface area contributed by atoms with Crippen LogP contribution in [0, 0.1) is 12.7 Å². The SMILES string of the molecule is CCNC(c1ccc(C)cc1F)c1c(Cl)cnn1C. The lowest BCUT2D eigenvalue weighted by molar-refractivity contribution is 0.531. The van der Waals surface area contributed by atoms with Crippen molar-refractivity contribution in [1.29, 1.82) is 0 Å². The van der Waals surface area contributed by atoms with Gasteiger partial charge in [-0.15, -0.1) is 0 Å². The molecule has 2 rings (SSSR count). The highest BCUT2D eigenvalue weighted by atomic mass is 35.5. The van der Waals surface area contributed by atoms with Crippen molar-refractivity contribution in [3.8, 4) is 0 Å². The summed E-state index contributed by atoms with van der Waals surface area (Å²) in [6.45, 7) is 4.55. The summed E-state index contributed by atoms with van der Waals surface area (Å²) >= 11 is 6.16. The molecular weight excluding hydrogens is 265 g/mol. The van der Waals surface area contributed by atoms with Gasteiger partial charge in [0.2, 0.25) is 0 Å². The standard InChI is InChI=1S/C14H17ClFN3/c1-4-17-13(14-11(15)8-18-19(14)3)10-6-5-9(2)7-12(10)16/h5-8,13,17H,4H2,1-3H3. The predicted molar refractivity (Wildman–Crippen MR) is 74.9 cm³/mol. The van der Waals surface area contributed by atoms with E-state index in [2.05, 4.69) is 10.4 Å². The van der Waals surface area contributed by atoms with Crippen LogP contribution in [0.4, 0.5) is 4.39 Å². The lowest BCUT2D eigenvalue weighted by atomic mass is 10.0. The van der Waals surface area contributed by atoms with Crippen LogP contribution in [0.15, 0.2) is 24.4 Å². The van der Waals surface area contributed by atoms with E-state index >= 15 is 0 Å². The van der Waals surface area contributed by atoms with Crippen LogP contribution in [0.25, 0.3) is 0 Å². The Kier molecular flexibility index (Phi) is 4.22. The summed E-state index contributed by atoms with van der Waals surface area (Å²) < 4.78 is 15.8. The Bertz CT molecular complexity index is 561. The number of nitrogens with one attached hydrogen (secondary N) is 1. The van der Waals surface area contributed by atoms with E-state index in [4.69, 9.17) is 11.6 Å². The second kappa shape index (κ2) is 5.72. The van der Waals surface area contributed by atoms with Gasteiger partial charge in [-0.25, -0.2) is 4.39 Å². The molecule has 1 unspecified atom stereocenters. The van der Waals surface area contributed by atoms with E-state index in [0.717, 1.165) is 11.3 Å². The van der Waals surface area contributed by atoms with Crippen LogP contribution in [0.3, 0.4) is 0 Å². The summed E-state index contributed by atoms with van der Waals surface area (Å²) in [6, 6.07) is 4.92. The largest absolute Gasteiger partial charge is 0.305 e. The third kappa shape index (κ3) is 2.80. The first-order valence-electron chi connectivity index (χ1n) is 6.21. The molecule has 0 aliphatic rings. The van der Waals surface area contributed by atoms with E-state index < -0.39 is 0 Å². The quantitative estimate of drug-likeness (QED) is 0.932. The zero-order valence-electron chi connectivity index (χ0n) is 11.2. The fourth-order valence-electron chi connectivity index (χ4n) is 2.17. The van der Waals surface area contributed by atoms with Crippen molar-refractivity contribution >= 4 is 11.6 Å². The zero-order chi connectivity index (χ0) is 14.0. The van der Waals surface area contributed by atoms with Gasteiger partial charge in [-0.05, 0) is 25.1 Å². The van der Waals surface area contributed by atoms with Gasteiger partial charge < -0.3 is 5.32 Å². The fourth-order valence-corrected chi connectivity index (χ4v) is 2.44. The molecule has 0 aliphatic heterocycles. The molecule has 5 heteroatoms. The molecule has 0 amide bonds. The van der Waals surface area contributed by atoms with Gasteiger partial charge in [0.25, 0.3) is 0 Å². The molecule has 0 saturated heterocycles. The maximum absolute atomic E-state index is 14.2. The maximum atomic E-state index is 14.2. The number of hydrogen-bond donors (Lipinski definition) is 1. The minimum absolute atomic E-state index is 0.233. The summed E-state index contributed by atoms with van der Waals surface area (Å²) in [6.07, 6.45) is 1.58. The monoisotopic (exact) mass is 281 g/mol. The fraction of sp³-hybridized carbons (Fsp3) is 0.357. The highest BCUT2D eigenvalue weighted by Crippen LogP contribution is 2.29. The lowest BCUT2D eigenvalue weighted by Crippen LogP contribution is -2.25. The van der Waals surface area contributed by atoms with Gasteiger partial charge >= 0.3 is 0 Å². The molecule has 0 fully saturated rings. The molecular formula is C14H17ClFN3. The molecule has 0 saturated carbocycles. The molecule has 1 N–H and O–H groups in total. The first-order chi connectivity index (χ1) is 9.04. The van der Waals surface area contributed by atoms with Crippen molar-refractivity contribution in [2.45, 2.75) is 19.9 Å². The van der Waals surface area contributed by atoms with Crippen molar-refractivity contribution in [3.05, 3.63) is 52.1 Å². The Balaban J connectivity index is 2.51. The minimum Gasteiger partial charge on any atom is -0.305 e. The number of rotatable bonds is 4. The van der Waals surface area contributed by atoms with Crippen molar-refractivity contribution < 1.29 is 4.39 Å². The Morgan fingerprint density at radius 3 is 2.74 bits per heavy atom. The maximum Gasteiger partial charge on any atom is 0.128 e. The predicted octanol–water partition coefficient (Wildman–Crippen LogP) is 3.22. The van der Waals surface area contributed by atoms with Crippen LogP contribution in [0.2, 0.25) is 5.02 Å². The zero-order valence-corrected chi connectivity index (χ0v) is 12.0. The summed E-state index contributed by atoms with van der Waals surface area (Å²) in [5.74, 6) is -0.233. The number of nitrogens with zero attached hydrogens (tertiary/aromatic N) is 2. The van der Waals surface area contributed by atoms with Crippen molar-refractivity contribution in [1.82, 2.24) is 15.1 Å². The van der Waals surface area contributed by atoms with Crippen LogP contribution in [0.5, 0.6) is 0 Å². The molecule has 0 spiro atoms. The van der Waals surface area contributed by atoms with Gasteiger partial charge in [0.15, 0.2) is 0 Å². The van der Waals surface area contributed by atoms with Gasteiger partial charge in [0, 0.05) is 12.6 Å². The number of hydrogen-bond acceptors (Lipinski definition) is 2. The first-order valence-corrected chi connectivity index (χ1v) is 6.59. The highest BCUT2D eigenvalue weighted by Gasteiger charge is 2.22. The van der Waals surface area contributed by atoms with Crippen molar-refractivity contribution in [3.63, 3.8) is 0 Å². The Hall–Kier alpha value is -1.39. The van der Waals surface area contributed by atoms with E-state index in [9.17, 15) is 4.39 Å². The van der Waals surface area contributed by atoms with Crippen LogP contribution in [-0.2, 0) is 7.05 Å². The molecule has 0 bridgehead atoms. The second-order valence-electron chi connectivity index (χ2n) is 4.52. The van der Waals surface area contributed by atoms with Crippen LogP contribution in [0.1, 0.15) is 29.8 Å². The topological polar surface area (TPSA) is 29.9 Å². The van der Waals surface area contributed by atoms with E-state index in [1.165, 1.54) is 6.07 Å². The molecule has 102 valence electrons. The normalized spacial score (nSPS) is 12.7. The Morgan fingerprint density at radius 1 is 1.47 bits per heavy atom. The molecule has 0 aliphatic carbocycles. The van der Waals surface area contributed by atoms with Gasteiger partial charge in [0.1, 0.15) is 5.82 Å². The highest BCUT2D eigenvalue weighted by molar-refractivity contribution is 6.31. The Morgan fingerprint density at radius 2 is 2.21 bits per heavy atom. The average molecular weight is 282 g/mol. The number of benzene rings is 1. The third-order valence-electron chi connectivity index (χ3n) is 3.09. The van der Waals surface area contributed by atoms with E-state index in [1.807, 2.05) is 19.9 Å². The van der Waals surface area contributed by atoms with Crippen LogP contribution < -0.4 is 5.32 Å². The van der Waals surface area contributed by atoms with Gasteiger partial charge in [0.05, 0.1) is 23.0 Å². The third-order valence-corrected chi connectivity index (χ3v) is 3.38.